The van der Waals surface area contributed by atoms with E-state index in [1.807, 2.05) is 54.6 Å². The Morgan fingerprint density at radius 1 is 1.00 bits per heavy atom. The highest BCUT2D eigenvalue weighted by Gasteiger charge is 2.31. The smallest absolute Gasteiger partial charge is 0.138 e. The highest BCUT2D eigenvalue weighted by molar-refractivity contribution is 6.30. The highest BCUT2D eigenvalue weighted by atomic mass is 35.5. The predicted octanol–water partition coefficient (Wildman–Crippen LogP) is 5.25. The molecule has 1 aliphatic rings. The molecule has 0 spiro atoms. The van der Waals surface area contributed by atoms with E-state index in [1.165, 1.54) is 0 Å². The SMILES string of the molecule is O=C1CCCC[C@@H]1[C@H](Nc1ccccc1)c1ccc(Cl)cc1. The van der Waals surface area contributed by atoms with E-state index < -0.39 is 0 Å². The van der Waals surface area contributed by atoms with Crippen molar-refractivity contribution in [3.63, 3.8) is 0 Å². The van der Waals surface area contributed by atoms with Gasteiger partial charge in [-0.05, 0) is 42.7 Å². The lowest BCUT2D eigenvalue weighted by Crippen LogP contribution is -2.30. The lowest BCUT2D eigenvalue weighted by molar-refractivity contribution is -0.125. The lowest BCUT2D eigenvalue weighted by atomic mass is 9.80. The topological polar surface area (TPSA) is 29.1 Å². The molecule has 1 aliphatic carbocycles. The third kappa shape index (κ3) is 3.50. The lowest BCUT2D eigenvalue weighted by Gasteiger charge is -2.31. The van der Waals surface area contributed by atoms with Crippen LogP contribution in [0.4, 0.5) is 5.69 Å². The normalized spacial score (nSPS) is 19.7. The number of ketones is 1. The maximum absolute atomic E-state index is 12.4. The number of carbonyl (C=O) groups excluding carboxylic acids is 1. The van der Waals surface area contributed by atoms with Gasteiger partial charge in [0.15, 0.2) is 0 Å². The zero-order valence-electron chi connectivity index (χ0n) is 12.5. The molecule has 0 unspecified atom stereocenters. The van der Waals surface area contributed by atoms with Crippen molar-refractivity contribution in [3.05, 3.63) is 65.2 Å². The number of hydrogen-bond donors (Lipinski definition) is 1. The second kappa shape index (κ2) is 6.97. The van der Waals surface area contributed by atoms with Crippen molar-refractivity contribution < 1.29 is 4.79 Å². The van der Waals surface area contributed by atoms with Crippen LogP contribution in [0.5, 0.6) is 0 Å². The quantitative estimate of drug-likeness (QED) is 0.835. The fraction of sp³-hybridized carbons (Fsp3) is 0.316. The summed E-state index contributed by atoms with van der Waals surface area (Å²) in [6.45, 7) is 0. The van der Waals surface area contributed by atoms with E-state index in [4.69, 9.17) is 11.6 Å². The fourth-order valence-electron chi connectivity index (χ4n) is 3.16. The third-order valence-electron chi connectivity index (χ3n) is 4.33. The summed E-state index contributed by atoms with van der Waals surface area (Å²) in [6.07, 6.45) is 3.79. The average molecular weight is 314 g/mol. The van der Waals surface area contributed by atoms with Gasteiger partial charge in [-0.1, -0.05) is 48.4 Å². The Bertz CT molecular complexity index is 624. The number of anilines is 1. The van der Waals surface area contributed by atoms with Crippen LogP contribution in [0, 0.1) is 5.92 Å². The van der Waals surface area contributed by atoms with Crippen LogP contribution >= 0.6 is 11.6 Å². The minimum Gasteiger partial charge on any atom is -0.378 e. The average Bonchev–Trinajstić information content (AvgIpc) is 2.55. The molecule has 0 bridgehead atoms. The van der Waals surface area contributed by atoms with Gasteiger partial charge in [0.25, 0.3) is 0 Å². The van der Waals surface area contributed by atoms with Crippen molar-refractivity contribution in [3.8, 4) is 0 Å². The zero-order chi connectivity index (χ0) is 15.4. The van der Waals surface area contributed by atoms with E-state index in [0.717, 1.165) is 35.5 Å². The van der Waals surface area contributed by atoms with Crippen molar-refractivity contribution in [1.29, 1.82) is 0 Å². The highest BCUT2D eigenvalue weighted by Crippen LogP contribution is 2.35. The van der Waals surface area contributed by atoms with E-state index >= 15 is 0 Å². The van der Waals surface area contributed by atoms with Gasteiger partial charge in [0.1, 0.15) is 5.78 Å². The summed E-state index contributed by atoms with van der Waals surface area (Å²) in [6, 6.07) is 17.9. The number of rotatable bonds is 4. The Labute approximate surface area is 136 Å². The molecular formula is C19H20ClNO. The van der Waals surface area contributed by atoms with Gasteiger partial charge >= 0.3 is 0 Å². The third-order valence-corrected chi connectivity index (χ3v) is 4.58. The molecule has 22 heavy (non-hydrogen) atoms. The first kappa shape index (κ1) is 15.1. The first-order valence-corrected chi connectivity index (χ1v) is 8.21. The molecule has 3 heteroatoms. The van der Waals surface area contributed by atoms with Gasteiger partial charge in [-0.25, -0.2) is 0 Å². The molecule has 1 N–H and O–H groups in total. The molecule has 1 saturated carbocycles. The van der Waals surface area contributed by atoms with Crippen molar-refractivity contribution in [2.24, 2.45) is 5.92 Å². The molecule has 0 heterocycles. The van der Waals surface area contributed by atoms with Crippen LogP contribution in [-0.2, 0) is 4.79 Å². The van der Waals surface area contributed by atoms with Crippen LogP contribution in [0.25, 0.3) is 0 Å². The second-order valence-electron chi connectivity index (χ2n) is 5.86. The van der Waals surface area contributed by atoms with E-state index in [1.54, 1.807) is 0 Å². The standard InChI is InChI=1S/C19H20ClNO/c20-15-12-10-14(11-13-15)19(17-8-4-5-9-18(17)22)21-16-6-2-1-3-7-16/h1-3,6-7,10-13,17,19,21H,4-5,8-9H2/t17-,19+/m0/s1. The number of para-hydroxylation sites is 1. The van der Waals surface area contributed by atoms with Gasteiger partial charge in [-0.15, -0.1) is 0 Å². The van der Waals surface area contributed by atoms with E-state index in [2.05, 4.69) is 5.32 Å². The molecule has 2 nitrogen and oxygen atoms in total. The van der Waals surface area contributed by atoms with Crippen molar-refractivity contribution in [1.82, 2.24) is 0 Å². The Hall–Kier alpha value is -1.80. The van der Waals surface area contributed by atoms with Crippen LogP contribution in [0.3, 0.4) is 0 Å². The van der Waals surface area contributed by atoms with E-state index in [0.29, 0.717) is 12.2 Å². The molecule has 0 radical (unpaired) electrons. The molecule has 1 fully saturated rings. The Morgan fingerprint density at radius 2 is 1.73 bits per heavy atom. The number of benzene rings is 2. The van der Waals surface area contributed by atoms with Crippen molar-refractivity contribution in [2.45, 2.75) is 31.7 Å². The van der Waals surface area contributed by atoms with Gasteiger partial charge in [0, 0.05) is 23.0 Å². The van der Waals surface area contributed by atoms with Crippen LogP contribution in [0.2, 0.25) is 5.02 Å². The molecule has 0 saturated heterocycles. The molecule has 0 amide bonds. The van der Waals surface area contributed by atoms with Crippen LogP contribution in [-0.4, -0.2) is 5.78 Å². The maximum atomic E-state index is 12.4. The van der Waals surface area contributed by atoms with Crippen molar-refractivity contribution >= 4 is 23.1 Å². The molecule has 2 aromatic rings. The van der Waals surface area contributed by atoms with Gasteiger partial charge < -0.3 is 5.32 Å². The zero-order valence-corrected chi connectivity index (χ0v) is 13.2. The molecule has 2 aromatic carbocycles. The summed E-state index contributed by atoms with van der Waals surface area (Å²) in [5.74, 6) is 0.407. The first-order valence-electron chi connectivity index (χ1n) is 7.84. The Kier molecular flexibility index (Phi) is 4.79. The summed E-state index contributed by atoms with van der Waals surface area (Å²) >= 11 is 6.00. The first-order chi connectivity index (χ1) is 10.7. The molecule has 2 atom stereocenters. The number of nitrogens with one attached hydrogen (secondary N) is 1. The molecular weight excluding hydrogens is 294 g/mol. The maximum Gasteiger partial charge on any atom is 0.138 e. The number of Topliss-reactive ketones (excluding diaryl/α,β-unsaturated/α-hetero) is 1. The van der Waals surface area contributed by atoms with Gasteiger partial charge in [-0.3, -0.25) is 4.79 Å². The van der Waals surface area contributed by atoms with Crippen LogP contribution in [0.15, 0.2) is 54.6 Å². The molecule has 0 aliphatic heterocycles. The van der Waals surface area contributed by atoms with Crippen LogP contribution < -0.4 is 5.32 Å². The van der Waals surface area contributed by atoms with Crippen molar-refractivity contribution in [2.75, 3.05) is 5.32 Å². The Morgan fingerprint density at radius 3 is 2.41 bits per heavy atom. The predicted molar refractivity (Wildman–Crippen MR) is 91.2 cm³/mol. The van der Waals surface area contributed by atoms with Gasteiger partial charge in [-0.2, -0.15) is 0 Å². The summed E-state index contributed by atoms with van der Waals surface area (Å²) in [7, 11) is 0. The van der Waals surface area contributed by atoms with Crippen LogP contribution in [0.1, 0.15) is 37.3 Å². The molecule has 0 aromatic heterocycles. The minimum absolute atomic E-state index is 0.00691. The van der Waals surface area contributed by atoms with E-state index in [-0.39, 0.29) is 12.0 Å². The largest absolute Gasteiger partial charge is 0.378 e. The minimum atomic E-state index is 0.00691. The summed E-state index contributed by atoms with van der Waals surface area (Å²) in [5.41, 5.74) is 2.16. The monoisotopic (exact) mass is 313 g/mol. The number of carbonyl (C=O) groups is 1. The number of halogens is 1. The van der Waals surface area contributed by atoms with E-state index in [9.17, 15) is 4.79 Å². The fourth-order valence-corrected chi connectivity index (χ4v) is 3.29. The summed E-state index contributed by atoms with van der Waals surface area (Å²) in [5, 5.41) is 4.27. The molecule has 3 rings (SSSR count). The van der Waals surface area contributed by atoms with Gasteiger partial charge in [0.2, 0.25) is 0 Å². The summed E-state index contributed by atoms with van der Waals surface area (Å²) < 4.78 is 0. The second-order valence-corrected chi connectivity index (χ2v) is 6.29. The number of hydrogen-bond acceptors (Lipinski definition) is 2. The Balaban J connectivity index is 1.90. The molecule has 114 valence electrons. The summed E-state index contributed by atoms with van der Waals surface area (Å²) in [4.78, 5) is 12.4. The van der Waals surface area contributed by atoms with Gasteiger partial charge in [0.05, 0.1) is 6.04 Å².